The van der Waals surface area contributed by atoms with Crippen molar-refractivity contribution in [1.82, 2.24) is 10.2 Å². The van der Waals surface area contributed by atoms with E-state index in [9.17, 15) is 0 Å². The smallest absolute Gasteiger partial charge is 0.238 e. The molecule has 3 nitrogen and oxygen atoms in total. The van der Waals surface area contributed by atoms with Gasteiger partial charge >= 0.3 is 0 Å². The number of aromatic nitrogens is 2. The number of benzene rings is 1. The van der Waals surface area contributed by atoms with Crippen molar-refractivity contribution in [2.24, 2.45) is 0 Å². The first kappa shape index (κ1) is 13.8. The van der Waals surface area contributed by atoms with E-state index in [1.54, 1.807) is 6.07 Å². The second kappa shape index (κ2) is 5.57. The van der Waals surface area contributed by atoms with Gasteiger partial charge in [-0.25, -0.2) is 0 Å². The molecular weight excluding hydrogens is 260 g/mol. The molecule has 0 spiro atoms. The minimum atomic E-state index is 0.0140. The summed E-state index contributed by atoms with van der Waals surface area (Å²) in [5.41, 5.74) is 1.89. The standard InChI is InChI=1S/C15H17ClN2O/c1-15(2,3)12-6-4-5-7-13(12)19-14-9-8-11(10-16)17-18-14/h4-9H,10H2,1-3H3. The Balaban J connectivity index is 2.28. The largest absolute Gasteiger partial charge is 0.437 e. The molecular formula is C15H17ClN2O. The molecule has 2 rings (SSSR count). The molecule has 19 heavy (non-hydrogen) atoms. The molecule has 0 aliphatic carbocycles. The van der Waals surface area contributed by atoms with Gasteiger partial charge in [0.25, 0.3) is 0 Å². The number of ether oxygens (including phenoxy) is 1. The molecule has 0 atom stereocenters. The van der Waals surface area contributed by atoms with Gasteiger partial charge in [0, 0.05) is 11.6 Å². The summed E-state index contributed by atoms with van der Waals surface area (Å²) in [7, 11) is 0. The van der Waals surface area contributed by atoms with Crippen LogP contribution in [-0.4, -0.2) is 10.2 Å². The van der Waals surface area contributed by atoms with Crippen molar-refractivity contribution in [3.8, 4) is 11.6 Å². The minimum Gasteiger partial charge on any atom is -0.437 e. The van der Waals surface area contributed by atoms with Crippen LogP contribution in [0.25, 0.3) is 0 Å². The Morgan fingerprint density at radius 3 is 2.37 bits per heavy atom. The van der Waals surface area contributed by atoms with Crippen LogP contribution < -0.4 is 4.74 Å². The molecule has 0 amide bonds. The molecule has 1 heterocycles. The Labute approximate surface area is 118 Å². The zero-order chi connectivity index (χ0) is 13.9. The van der Waals surface area contributed by atoms with Crippen molar-refractivity contribution in [3.63, 3.8) is 0 Å². The van der Waals surface area contributed by atoms with E-state index in [4.69, 9.17) is 16.3 Å². The molecule has 2 aromatic rings. The van der Waals surface area contributed by atoms with E-state index in [1.807, 2.05) is 24.3 Å². The first-order valence-electron chi connectivity index (χ1n) is 6.16. The molecule has 0 fully saturated rings. The molecule has 0 bridgehead atoms. The fourth-order valence-corrected chi connectivity index (χ4v) is 1.90. The third-order valence-electron chi connectivity index (χ3n) is 2.74. The van der Waals surface area contributed by atoms with Crippen molar-refractivity contribution in [3.05, 3.63) is 47.7 Å². The number of alkyl halides is 1. The average molecular weight is 277 g/mol. The molecule has 100 valence electrons. The van der Waals surface area contributed by atoms with Crippen LogP contribution in [0.1, 0.15) is 32.0 Å². The number of hydrogen-bond donors (Lipinski definition) is 0. The first-order valence-corrected chi connectivity index (χ1v) is 6.70. The SMILES string of the molecule is CC(C)(C)c1ccccc1Oc1ccc(CCl)nn1. The Morgan fingerprint density at radius 1 is 1.05 bits per heavy atom. The van der Waals surface area contributed by atoms with E-state index in [0.29, 0.717) is 11.8 Å². The molecule has 0 aliphatic heterocycles. The maximum atomic E-state index is 5.82. The highest BCUT2D eigenvalue weighted by Gasteiger charge is 2.18. The Bertz CT molecular complexity index is 547. The van der Waals surface area contributed by atoms with Crippen LogP contribution in [0.4, 0.5) is 0 Å². The molecule has 1 aromatic carbocycles. The second-order valence-electron chi connectivity index (χ2n) is 5.34. The molecule has 0 N–H and O–H groups in total. The lowest BCUT2D eigenvalue weighted by Crippen LogP contribution is -2.12. The van der Waals surface area contributed by atoms with E-state index in [2.05, 4.69) is 37.0 Å². The molecule has 0 saturated carbocycles. The van der Waals surface area contributed by atoms with E-state index in [1.165, 1.54) is 0 Å². The van der Waals surface area contributed by atoms with Crippen LogP contribution in [0.5, 0.6) is 11.6 Å². The Hall–Kier alpha value is -1.61. The van der Waals surface area contributed by atoms with E-state index in [-0.39, 0.29) is 5.41 Å². The van der Waals surface area contributed by atoms with E-state index in [0.717, 1.165) is 17.0 Å². The van der Waals surface area contributed by atoms with Gasteiger partial charge in [-0.3, -0.25) is 0 Å². The topological polar surface area (TPSA) is 35.0 Å². The van der Waals surface area contributed by atoms with Gasteiger partial charge < -0.3 is 4.74 Å². The highest BCUT2D eigenvalue weighted by Crippen LogP contribution is 2.33. The van der Waals surface area contributed by atoms with Gasteiger partial charge in [0.15, 0.2) is 0 Å². The number of hydrogen-bond acceptors (Lipinski definition) is 3. The molecule has 0 unspecified atom stereocenters. The maximum absolute atomic E-state index is 5.82. The summed E-state index contributed by atoms with van der Waals surface area (Å²) < 4.78 is 5.82. The molecule has 0 radical (unpaired) electrons. The number of para-hydroxylation sites is 1. The van der Waals surface area contributed by atoms with Gasteiger partial charge in [0.1, 0.15) is 5.75 Å². The zero-order valence-corrected chi connectivity index (χ0v) is 12.1. The summed E-state index contributed by atoms with van der Waals surface area (Å²) in [6.45, 7) is 6.45. The summed E-state index contributed by atoms with van der Waals surface area (Å²) >= 11 is 5.68. The van der Waals surface area contributed by atoms with Crippen molar-refractivity contribution >= 4 is 11.6 Å². The Morgan fingerprint density at radius 2 is 1.79 bits per heavy atom. The predicted molar refractivity (Wildman–Crippen MR) is 76.8 cm³/mol. The van der Waals surface area contributed by atoms with Crippen LogP contribution in [-0.2, 0) is 11.3 Å². The molecule has 0 saturated heterocycles. The van der Waals surface area contributed by atoms with Crippen LogP contribution in [0.3, 0.4) is 0 Å². The lowest BCUT2D eigenvalue weighted by atomic mass is 9.86. The lowest BCUT2D eigenvalue weighted by Gasteiger charge is -2.22. The summed E-state index contributed by atoms with van der Waals surface area (Å²) in [4.78, 5) is 0. The molecule has 4 heteroatoms. The van der Waals surface area contributed by atoms with Gasteiger partial charge in [-0.2, -0.15) is 5.10 Å². The average Bonchev–Trinajstić information content (AvgIpc) is 2.39. The van der Waals surface area contributed by atoms with Crippen molar-refractivity contribution in [2.75, 3.05) is 0 Å². The lowest BCUT2D eigenvalue weighted by molar-refractivity contribution is 0.433. The van der Waals surface area contributed by atoms with Crippen LogP contribution >= 0.6 is 11.6 Å². The van der Waals surface area contributed by atoms with Gasteiger partial charge in [-0.1, -0.05) is 39.0 Å². The van der Waals surface area contributed by atoms with Crippen LogP contribution in [0, 0.1) is 0 Å². The number of rotatable bonds is 3. The third-order valence-corrected chi connectivity index (χ3v) is 3.02. The first-order chi connectivity index (χ1) is 9.00. The Kier molecular flexibility index (Phi) is 4.05. The number of nitrogens with zero attached hydrogens (tertiary/aromatic N) is 2. The number of halogens is 1. The monoisotopic (exact) mass is 276 g/mol. The maximum Gasteiger partial charge on any atom is 0.238 e. The van der Waals surface area contributed by atoms with E-state index < -0.39 is 0 Å². The minimum absolute atomic E-state index is 0.0140. The fourth-order valence-electron chi connectivity index (χ4n) is 1.76. The second-order valence-corrected chi connectivity index (χ2v) is 5.61. The third kappa shape index (κ3) is 3.44. The van der Waals surface area contributed by atoms with Crippen molar-refractivity contribution < 1.29 is 4.74 Å². The zero-order valence-electron chi connectivity index (χ0n) is 11.4. The van der Waals surface area contributed by atoms with E-state index >= 15 is 0 Å². The normalized spacial score (nSPS) is 11.4. The fraction of sp³-hybridized carbons (Fsp3) is 0.333. The summed E-state index contributed by atoms with van der Waals surface area (Å²) in [6.07, 6.45) is 0. The molecule has 1 aromatic heterocycles. The predicted octanol–water partition coefficient (Wildman–Crippen LogP) is 4.31. The van der Waals surface area contributed by atoms with Gasteiger partial charge in [-0.05, 0) is 17.5 Å². The summed E-state index contributed by atoms with van der Waals surface area (Å²) in [5.74, 6) is 1.64. The summed E-state index contributed by atoms with van der Waals surface area (Å²) in [6, 6.07) is 11.6. The van der Waals surface area contributed by atoms with Crippen LogP contribution in [0.2, 0.25) is 0 Å². The quantitative estimate of drug-likeness (QED) is 0.784. The highest BCUT2D eigenvalue weighted by molar-refractivity contribution is 6.16. The highest BCUT2D eigenvalue weighted by atomic mass is 35.5. The van der Waals surface area contributed by atoms with Gasteiger partial charge in [0.2, 0.25) is 5.88 Å². The van der Waals surface area contributed by atoms with Gasteiger partial charge in [0.05, 0.1) is 11.6 Å². The van der Waals surface area contributed by atoms with Gasteiger partial charge in [-0.15, -0.1) is 16.7 Å². The van der Waals surface area contributed by atoms with Crippen LogP contribution in [0.15, 0.2) is 36.4 Å². The van der Waals surface area contributed by atoms with Crippen molar-refractivity contribution in [1.29, 1.82) is 0 Å². The summed E-state index contributed by atoms with van der Waals surface area (Å²) in [5, 5.41) is 7.99. The molecule has 0 aliphatic rings. The van der Waals surface area contributed by atoms with Crippen molar-refractivity contribution in [2.45, 2.75) is 32.1 Å².